The smallest absolute Gasteiger partial charge is 0.295 e. The number of fused-ring (bicyclic) bond motifs is 2. The molecule has 2 aliphatic heterocycles. The molecule has 1 N–H and O–H groups in total. The molecule has 3 aromatic rings. The number of amides is 1. The summed E-state index contributed by atoms with van der Waals surface area (Å²) in [4.78, 5) is 28.0. The normalized spacial score (nSPS) is 21.2. The van der Waals surface area contributed by atoms with Gasteiger partial charge in [0.25, 0.3) is 11.7 Å². The average Bonchev–Trinajstić information content (AvgIpc) is 3.34. The zero-order chi connectivity index (χ0) is 23.8. The van der Waals surface area contributed by atoms with Crippen molar-refractivity contribution in [2.24, 2.45) is 0 Å². The Kier molecular flexibility index (Phi) is 5.84. The molecule has 0 aliphatic carbocycles. The van der Waals surface area contributed by atoms with Crippen LogP contribution < -0.4 is 4.74 Å². The number of nitrogens with zero attached hydrogens (tertiary/aromatic N) is 1. The summed E-state index contributed by atoms with van der Waals surface area (Å²) in [6, 6.07) is 18.4. The van der Waals surface area contributed by atoms with Crippen LogP contribution in [0.4, 0.5) is 0 Å². The number of ether oxygens (including phenoxy) is 2. The maximum absolute atomic E-state index is 13.3. The Bertz CT molecular complexity index is 1310. The summed E-state index contributed by atoms with van der Waals surface area (Å²) in [7, 11) is 1.61. The molecule has 6 heteroatoms. The van der Waals surface area contributed by atoms with E-state index >= 15 is 0 Å². The van der Waals surface area contributed by atoms with E-state index in [0.717, 1.165) is 34.1 Å². The van der Waals surface area contributed by atoms with E-state index in [1.165, 1.54) is 0 Å². The SMILES string of the molecule is COCCCN1C(=O)C(=O)C(=C(O)c2ccc3c(c2)C[C@H](C)O3)[C@H]1c1cccc2ccccc12. The zero-order valence-electron chi connectivity index (χ0n) is 19.3. The minimum atomic E-state index is -0.689. The third-order valence-electron chi connectivity index (χ3n) is 6.57. The van der Waals surface area contributed by atoms with Gasteiger partial charge < -0.3 is 19.5 Å². The summed E-state index contributed by atoms with van der Waals surface area (Å²) in [5.41, 5.74) is 2.42. The summed E-state index contributed by atoms with van der Waals surface area (Å²) in [6.07, 6.45) is 1.38. The Labute approximate surface area is 198 Å². The number of hydrogen-bond donors (Lipinski definition) is 1. The Morgan fingerprint density at radius 3 is 2.74 bits per heavy atom. The van der Waals surface area contributed by atoms with Gasteiger partial charge in [0.15, 0.2) is 0 Å². The van der Waals surface area contributed by atoms with Crippen molar-refractivity contribution < 1.29 is 24.2 Å². The number of likely N-dealkylation sites (tertiary alicyclic amines) is 1. The second kappa shape index (κ2) is 8.95. The highest BCUT2D eigenvalue weighted by Crippen LogP contribution is 2.42. The minimum Gasteiger partial charge on any atom is -0.507 e. The predicted octanol–water partition coefficient (Wildman–Crippen LogP) is 4.62. The molecule has 0 aromatic heterocycles. The first-order valence-corrected chi connectivity index (χ1v) is 11.5. The van der Waals surface area contributed by atoms with E-state index in [4.69, 9.17) is 9.47 Å². The predicted molar refractivity (Wildman–Crippen MR) is 130 cm³/mol. The lowest BCUT2D eigenvalue weighted by molar-refractivity contribution is -0.140. The van der Waals surface area contributed by atoms with Crippen LogP contribution in [0.5, 0.6) is 5.75 Å². The Hall–Kier alpha value is -3.64. The van der Waals surface area contributed by atoms with Gasteiger partial charge in [0.1, 0.15) is 17.6 Å². The number of hydrogen-bond acceptors (Lipinski definition) is 5. The van der Waals surface area contributed by atoms with Gasteiger partial charge in [-0.05, 0) is 53.4 Å². The van der Waals surface area contributed by atoms with Gasteiger partial charge in [0.05, 0.1) is 11.6 Å². The molecule has 3 aromatic carbocycles. The molecule has 6 nitrogen and oxygen atoms in total. The first-order chi connectivity index (χ1) is 16.5. The van der Waals surface area contributed by atoms with Crippen molar-refractivity contribution in [2.75, 3.05) is 20.3 Å². The second-order valence-electron chi connectivity index (χ2n) is 8.86. The van der Waals surface area contributed by atoms with Gasteiger partial charge in [0, 0.05) is 32.2 Å². The third-order valence-corrected chi connectivity index (χ3v) is 6.57. The quantitative estimate of drug-likeness (QED) is 0.253. The number of carbonyl (C=O) groups is 2. The van der Waals surface area contributed by atoms with Crippen molar-refractivity contribution in [3.8, 4) is 5.75 Å². The van der Waals surface area contributed by atoms with Gasteiger partial charge in [-0.1, -0.05) is 42.5 Å². The van der Waals surface area contributed by atoms with Gasteiger partial charge in [0.2, 0.25) is 0 Å². The average molecular weight is 458 g/mol. The maximum Gasteiger partial charge on any atom is 0.295 e. The van der Waals surface area contributed by atoms with Crippen molar-refractivity contribution >= 4 is 28.2 Å². The van der Waals surface area contributed by atoms with Crippen LogP contribution >= 0.6 is 0 Å². The molecule has 0 unspecified atom stereocenters. The summed E-state index contributed by atoms with van der Waals surface area (Å²) in [6.45, 7) is 2.80. The molecule has 0 saturated carbocycles. The molecule has 5 rings (SSSR count). The largest absolute Gasteiger partial charge is 0.507 e. The monoisotopic (exact) mass is 457 g/mol. The highest BCUT2D eigenvalue weighted by atomic mass is 16.5. The molecule has 2 aliphatic rings. The molecule has 0 spiro atoms. The van der Waals surface area contributed by atoms with Crippen LogP contribution in [0, 0.1) is 0 Å². The number of carbonyl (C=O) groups excluding carboxylic acids is 2. The Balaban J connectivity index is 1.67. The van der Waals surface area contributed by atoms with Crippen LogP contribution in [0.1, 0.15) is 36.1 Å². The van der Waals surface area contributed by atoms with E-state index in [1.807, 2.05) is 61.5 Å². The number of rotatable bonds is 6. The number of methoxy groups -OCH3 is 1. The lowest BCUT2D eigenvalue weighted by Gasteiger charge is -2.26. The summed E-state index contributed by atoms with van der Waals surface area (Å²) >= 11 is 0. The second-order valence-corrected chi connectivity index (χ2v) is 8.86. The van der Waals surface area contributed by atoms with Crippen LogP contribution in [0.25, 0.3) is 16.5 Å². The fourth-order valence-electron chi connectivity index (χ4n) is 5.03. The highest BCUT2D eigenvalue weighted by Gasteiger charge is 2.46. The lowest BCUT2D eigenvalue weighted by atomic mass is 9.91. The third kappa shape index (κ3) is 3.74. The van der Waals surface area contributed by atoms with Crippen molar-refractivity contribution in [1.82, 2.24) is 4.90 Å². The summed E-state index contributed by atoms with van der Waals surface area (Å²) in [5, 5.41) is 13.4. The molecule has 1 saturated heterocycles. The fourth-order valence-corrected chi connectivity index (χ4v) is 5.03. The highest BCUT2D eigenvalue weighted by molar-refractivity contribution is 6.46. The van der Waals surface area contributed by atoms with E-state index in [0.29, 0.717) is 25.1 Å². The molecule has 0 bridgehead atoms. The minimum absolute atomic E-state index is 0.0643. The van der Waals surface area contributed by atoms with Crippen LogP contribution in [-0.4, -0.2) is 48.1 Å². The molecule has 1 fully saturated rings. The van der Waals surface area contributed by atoms with Gasteiger partial charge >= 0.3 is 0 Å². The molecule has 34 heavy (non-hydrogen) atoms. The lowest BCUT2D eigenvalue weighted by Crippen LogP contribution is -2.31. The first kappa shape index (κ1) is 22.2. The number of aliphatic hydroxyl groups excluding tert-OH is 1. The fraction of sp³-hybridized carbons (Fsp3) is 0.286. The van der Waals surface area contributed by atoms with Gasteiger partial charge in [-0.3, -0.25) is 9.59 Å². The van der Waals surface area contributed by atoms with E-state index in [1.54, 1.807) is 18.1 Å². The summed E-state index contributed by atoms with van der Waals surface area (Å²) in [5.74, 6) is -0.644. The Morgan fingerprint density at radius 2 is 1.91 bits per heavy atom. The van der Waals surface area contributed by atoms with Gasteiger partial charge in [-0.2, -0.15) is 0 Å². The van der Waals surface area contributed by atoms with Gasteiger partial charge in [-0.15, -0.1) is 0 Å². The van der Waals surface area contributed by atoms with Crippen molar-refractivity contribution in [3.63, 3.8) is 0 Å². The molecule has 2 heterocycles. The Morgan fingerprint density at radius 1 is 1.12 bits per heavy atom. The number of benzene rings is 3. The number of ketones is 1. The molecular weight excluding hydrogens is 430 g/mol. The standard InChI is InChI=1S/C28H27NO5/c1-17-15-20-16-19(11-12-23(20)34-17)26(30)24-25(29(13-6-14-33-2)28(32)27(24)31)22-10-5-8-18-7-3-4-9-21(18)22/h3-5,7-12,16-17,25,30H,6,13-15H2,1-2H3/t17-,25+/m0/s1. The van der Waals surface area contributed by atoms with E-state index in [9.17, 15) is 14.7 Å². The van der Waals surface area contributed by atoms with Crippen molar-refractivity contribution in [1.29, 1.82) is 0 Å². The first-order valence-electron chi connectivity index (χ1n) is 11.5. The van der Waals surface area contributed by atoms with Crippen LogP contribution in [0.15, 0.2) is 66.2 Å². The summed E-state index contributed by atoms with van der Waals surface area (Å²) < 4.78 is 11.0. The van der Waals surface area contributed by atoms with E-state index < -0.39 is 17.7 Å². The van der Waals surface area contributed by atoms with E-state index in [2.05, 4.69) is 0 Å². The number of aliphatic hydroxyl groups is 1. The molecule has 0 radical (unpaired) electrons. The topological polar surface area (TPSA) is 76.1 Å². The van der Waals surface area contributed by atoms with Gasteiger partial charge in [-0.25, -0.2) is 0 Å². The molecule has 2 atom stereocenters. The number of Topliss-reactive ketones (excluding diaryl/α,β-unsaturated/α-hetero) is 1. The van der Waals surface area contributed by atoms with Crippen molar-refractivity contribution in [3.05, 3.63) is 82.9 Å². The zero-order valence-corrected chi connectivity index (χ0v) is 19.3. The van der Waals surface area contributed by atoms with Crippen molar-refractivity contribution in [2.45, 2.75) is 31.9 Å². The van der Waals surface area contributed by atoms with Crippen LogP contribution in [0.2, 0.25) is 0 Å². The van der Waals surface area contributed by atoms with Crippen LogP contribution in [0.3, 0.4) is 0 Å². The maximum atomic E-state index is 13.3. The molecular formula is C28H27NO5. The van der Waals surface area contributed by atoms with E-state index in [-0.39, 0.29) is 17.4 Å². The van der Waals surface area contributed by atoms with Crippen LogP contribution in [-0.2, 0) is 20.7 Å². The molecule has 1 amide bonds. The molecule has 174 valence electrons.